The van der Waals surface area contributed by atoms with Gasteiger partial charge in [0.05, 0.1) is 5.56 Å². The van der Waals surface area contributed by atoms with Crippen molar-refractivity contribution in [2.45, 2.75) is 0 Å². The smallest absolute Gasteiger partial charge is 0.335 e. The number of rotatable bonds is 1. The minimum Gasteiger partial charge on any atom is -0.504 e. The second kappa shape index (κ2) is 7.22. The van der Waals surface area contributed by atoms with Gasteiger partial charge in [0.2, 0.25) is 0 Å². The summed E-state index contributed by atoms with van der Waals surface area (Å²) >= 11 is 0. The van der Waals surface area contributed by atoms with E-state index in [1.165, 1.54) is 0 Å². The Labute approximate surface area is 103 Å². The van der Waals surface area contributed by atoms with Crippen LogP contribution in [0.4, 0.5) is 0 Å². The molecule has 0 amide bonds. The van der Waals surface area contributed by atoms with Crippen molar-refractivity contribution in [2.75, 3.05) is 0 Å². The third kappa shape index (κ3) is 4.29. The van der Waals surface area contributed by atoms with Gasteiger partial charge in [-0.25, -0.2) is 4.79 Å². The number of benzene rings is 1. The van der Waals surface area contributed by atoms with Gasteiger partial charge in [-0.1, -0.05) is 0 Å². The van der Waals surface area contributed by atoms with E-state index in [0.717, 1.165) is 12.1 Å². The van der Waals surface area contributed by atoms with Gasteiger partial charge in [0.1, 0.15) is 0 Å². The number of hydrogen-bond donors (Lipinski definition) is 4. The van der Waals surface area contributed by atoms with Gasteiger partial charge in [-0.05, 0) is 12.1 Å². The fourth-order valence-corrected chi connectivity index (χ4v) is 0.728. The summed E-state index contributed by atoms with van der Waals surface area (Å²) in [6, 6.07) is 1.69. The number of carboxylic acids is 1. The molecule has 0 aromatic heterocycles. The molecule has 0 aliphatic rings. The second-order valence-electron chi connectivity index (χ2n) is 2.17. The van der Waals surface area contributed by atoms with Crippen LogP contribution in [0, 0.1) is 0 Å². The fraction of sp³-hybridized carbons (Fsp3) is 0. The third-order valence-electron chi connectivity index (χ3n) is 1.32. The van der Waals surface area contributed by atoms with E-state index >= 15 is 0 Å². The topological polar surface area (TPSA) is 161 Å². The SMILES string of the molecule is O.O.O=C(O)c1cc(O)c(O)c(O)c1.[Bi]. The van der Waals surface area contributed by atoms with Gasteiger partial charge < -0.3 is 31.4 Å². The maximum Gasteiger partial charge on any atom is 0.335 e. The van der Waals surface area contributed by atoms with Crippen molar-refractivity contribution in [1.29, 1.82) is 0 Å². The summed E-state index contributed by atoms with van der Waals surface area (Å²) in [6.45, 7) is 0. The van der Waals surface area contributed by atoms with Crippen LogP contribution in [0.1, 0.15) is 10.4 Å². The molecule has 15 heavy (non-hydrogen) atoms. The Kier molecular flexibility index (Phi) is 9.37. The van der Waals surface area contributed by atoms with E-state index in [1.54, 1.807) is 0 Å². The van der Waals surface area contributed by atoms with Crippen LogP contribution < -0.4 is 0 Å². The van der Waals surface area contributed by atoms with Gasteiger partial charge >= 0.3 is 5.97 Å². The largest absolute Gasteiger partial charge is 0.504 e. The Morgan fingerprint density at radius 1 is 1.00 bits per heavy atom. The van der Waals surface area contributed by atoms with Crippen molar-refractivity contribution in [3.63, 3.8) is 0 Å². The number of phenolic OH excluding ortho intramolecular Hbond substituents is 3. The van der Waals surface area contributed by atoms with Crippen LogP contribution in [-0.2, 0) is 0 Å². The summed E-state index contributed by atoms with van der Waals surface area (Å²) < 4.78 is 0. The molecule has 1 rings (SSSR count). The molecule has 0 fully saturated rings. The van der Waals surface area contributed by atoms with Gasteiger partial charge in [0.15, 0.2) is 17.2 Å². The first-order valence-electron chi connectivity index (χ1n) is 3.00. The van der Waals surface area contributed by atoms with Gasteiger partial charge in [0, 0.05) is 26.2 Å². The molecule has 0 saturated heterocycles. The van der Waals surface area contributed by atoms with Crippen molar-refractivity contribution in [1.82, 2.24) is 0 Å². The van der Waals surface area contributed by atoms with E-state index in [9.17, 15) is 4.79 Å². The Balaban J connectivity index is -0.000000480. The predicted molar refractivity (Wildman–Crippen MR) is 51.4 cm³/mol. The Bertz CT molecular complexity index is 315. The summed E-state index contributed by atoms with van der Waals surface area (Å²) in [4.78, 5) is 10.3. The zero-order chi connectivity index (χ0) is 9.30. The van der Waals surface area contributed by atoms with Crippen molar-refractivity contribution in [3.8, 4) is 17.2 Å². The van der Waals surface area contributed by atoms with Crippen molar-refractivity contribution >= 4 is 32.2 Å². The zero-order valence-corrected chi connectivity index (χ0v) is 10.8. The molecule has 0 unspecified atom stereocenters. The molecular weight excluding hydrogens is 405 g/mol. The molecule has 3 radical (unpaired) electrons. The van der Waals surface area contributed by atoms with Crippen LogP contribution in [0.5, 0.6) is 17.2 Å². The molecule has 0 spiro atoms. The van der Waals surface area contributed by atoms with Crippen LogP contribution in [0.2, 0.25) is 0 Å². The molecule has 0 aliphatic carbocycles. The monoisotopic (exact) mass is 415 g/mol. The van der Waals surface area contributed by atoms with Gasteiger partial charge in [-0.15, -0.1) is 0 Å². The molecule has 1 aromatic rings. The van der Waals surface area contributed by atoms with Crippen molar-refractivity contribution in [2.24, 2.45) is 0 Å². The van der Waals surface area contributed by atoms with Crippen LogP contribution >= 0.6 is 0 Å². The molecule has 85 valence electrons. The standard InChI is InChI=1S/C7H6O5.Bi.2H2O/c8-4-1-3(7(11)12)2-5(9)6(4)10;;;/h1-2,8-10H,(H,11,12);;2*1H2. The van der Waals surface area contributed by atoms with E-state index < -0.39 is 23.2 Å². The Morgan fingerprint density at radius 3 is 1.60 bits per heavy atom. The first kappa shape index (κ1) is 19.5. The average Bonchev–Trinajstić information content (AvgIpc) is 1.99. The molecule has 0 heterocycles. The van der Waals surface area contributed by atoms with E-state index in [-0.39, 0.29) is 42.7 Å². The molecule has 8 heteroatoms. The predicted octanol–water partition coefficient (Wildman–Crippen LogP) is -1.53. The van der Waals surface area contributed by atoms with E-state index in [0.29, 0.717) is 0 Å². The number of carboxylic acid groups (broad SMARTS) is 1. The van der Waals surface area contributed by atoms with Crippen LogP contribution in [0.15, 0.2) is 12.1 Å². The van der Waals surface area contributed by atoms with Gasteiger partial charge in [0.25, 0.3) is 0 Å². The number of phenols is 3. The molecule has 0 bridgehead atoms. The molecule has 0 saturated carbocycles. The van der Waals surface area contributed by atoms with E-state index in [2.05, 4.69) is 0 Å². The fourth-order valence-electron chi connectivity index (χ4n) is 0.728. The first-order valence-corrected chi connectivity index (χ1v) is 3.00. The number of aromatic hydroxyl groups is 3. The summed E-state index contributed by atoms with van der Waals surface area (Å²) in [5, 5.41) is 35.0. The molecule has 0 atom stereocenters. The number of carbonyl (C=O) groups is 1. The van der Waals surface area contributed by atoms with Crippen LogP contribution in [0.25, 0.3) is 0 Å². The molecule has 8 N–H and O–H groups in total. The molecule has 7 nitrogen and oxygen atoms in total. The van der Waals surface area contributed by atoms with Crippen molar-refractivity contribution < 1.29 is 36.2 Å². The maximum absolute atomic E-state index is 10.3. The van der Waals surface area contributed by atoms with Crippen LogP contribution in [0.3, 0.4) is 0 Å². The van der Waals surface area contributed by atoms with E-state index in [1.807, 2.05) is 0 Å². The van der Waals surface area contributed by atoms with Gasteiger partial charge in [-0.2, -0.15) is 0 Å². The number of hydrogen-bond acceptors (Lipinski definition) is 4. The summed E-state index contributed by atoms with van der Waals surface area (Å²) in [5.41, 5.74) is -0.289. The minimum absolute atomic E-state index is 0. The molecule has 0 aliphatic heterocycles. The maximum atomic E-state index is 10.3. The Hall–Kier alpha value is -1.11. The second-order valence-corrected chi connectivity index (χ2v) is 2.17. The van der Waals surface area contributed by atoms with Crippen LogP contribution in [-0.4, -0.2) is 63.6 Å². The Morgan fingerprint density at radius 2 is 1.33 bits per heavy atom. The normalized spacial score (nSPS) is 7.73. The summed E-state index contributed by atoms with van der Waals surface area (Å²) in [5.74, 6) is -3.33. The molecular formula is C7H10BiO7. The van der Waals surface area contributed by atoms with E-state index in [4.69, 9.17) is 20.4 Å². The van der Waals surface area contributed by atoms with Crippen molar-refractivity contribution in [3.05, 3.63) is 17.7 Å². The first-order chi connectivity index (χ1) is 5.52. The minimum atomic E-state index is -1.29. The van der Waals surface area contributed by atoms with Gasteiger partial charge in [-0.3, -0.25) is 0 Å². The summed E-state index contributed by atoms with van der Waals surface area (Å²) in [6.07, 6.45) is 0. The third-order valence-corrected chi connectivity index (χ3v) is 1.32. The summed E-state index contributed by atoms with van der Waals surface area (Å²) in [7, 11) is 0. The average molecular weight is 415 g/mol. The quantitative estimate of drug-likeness (QED) is 0.323. The molecule has 1 aromatic carbocycles. The zero-order valence-electron chi connectivity index (χ0n) is 7.30. The number of aromatic carboxylic acids is 1.